The van der Waals surface area contributed by atoms with Crippen molar-refractivity contribution in [3.8, 4) is 11.8 Å². The lowest BCUT2D eigenvalue weighted by molar-refractivity contribution is 0.0913. The number of hydrogen-bond donors (Lipinski definition) is 0. The number of anilines is 1. The van der Waals surface area contributed by atoms with Crippen LogP contribution in [0, 0.1) is 11.8 Å². The molecule has 24 heavy (non-hydrogen) atoms. The first-order valence-corrected chi connectivity index (χ1v) is 8.67. The molecule has 130 valence electrons. The van der Waals surface area contributed by atoms with Gasteiger partial charge in [0.2, 0.25) is 0 Å². The van der Waals surface area contributed by atoms with Gasteiger partial charge < -0.3 is 9.64 Å². The van der Waals surface area contributed by atoms with E-state index in [-0.39, 0.29) is 12.6 Å². The van der Waals surface area contributed by atoms with Gasteiger partial charge in [-0.1, -0.05) is 17.9 Å². The molecule has 5 heteroatoms. The molecular formula is C19H24F2N2O. The van der Waals surface area contributed by atoms with Crippen molar-refractivity contribution in [2.75, 3.05) is 37.7 Å². The maximum absolute atomic E-state index is 12.7. The molecule has 0 aromatic heterocycles. The molecule has 0 saturated carbocycles. The Labute approximate surface area is 142 Å². The summed E-state index contributed by atoms with van der Waals surface area (Å²) in [6, 6.07) is 6.06. The maximum Gasteiger partial charge on any atom is 0.251 e. The second-order valence-corrected chi connectivity index (χ2v) is 6.25. The Morgan fingerprint density at radius 3 is 3.00 bits per heavy atom. The van der Waals surface area contributed by atoms with Gasteiger partial charge in [-0.25, -0.2) is 8.78 Å². The zero-order chi connectivity index (χ0) is 16.9. The van der Waals surface area contributed by atoms with Gasteiger partial charge in [0.25, 0.3) is 6.43 Å². The van der Waals surface area contributed by atoms with Crippen LogP contribution in [0.25, 0.3) is 0 Å². The molecule has 0 bridgehead atoms. The van der Waals surface area contributed by atoms with Gasteiger partial charge in [0.1, 0.15) is 0 Å². The number of fused-ring (bicyclic) bond motifs is 1. The van der Waals surface area contributed by atoms with Gasteiger partial charge in [-0.2, -0.15) is 0 Å². The highest BCUT2D eigenvalue weighted by Crippen LogP contribution is 2.27. The van der Waals surface area contributed by atoms with Gasteiger partial charge in [-0.3, -0.25) is 4.90 Å². The lowest BCUT2D eigenvalue weighted by Crippen LogP contribution is -2.32. The number of nitrogens with zero attached hydrogens (tertiary/aromatic N) is 2. The van der Waals surface area contributed by atoms with Gasteiger partial charge in [0.05, 0.1) is 25.8 Å². The summed E-state index contributed by atoms with van der Waals surface area (Å²) in [4.78, 5) is 4.10. The van der Waals surface area contributed by atoms with Gasteiger partial charge >= 0.3 is 0 Å². The Morgan fingerprint density at radius 1 is 1.33 bits per heavy atom. The normalized spacial score (nSPS) is 21.3. The molecule has 3 rings (SSSR count). The van der Waals surface area contributed by atoms with Crippen molar-refractivity contribution in [1.29, 1.82) is 0 Å². The van der Waals surface area contributed by atoms with Crippen molar-refractivity contribution in [1.82, 2.24) is 4.90 Å². The lowest BCUT2D eigenvalue weighted by atomic mass is 10.0. The smallest absolute Gasteiger partial charge is 0.251 e. The molecule has 0 amide bonds. The van der Waals surface area contributed by atoms with Crippen LogP contribution in [-0.2, 0) is 11.3 Å². The zero-order valence-electron chi connectivity index (χ0n) is 14.1. The van der Waals surface area contributed by atoms with Crippen molar-refractivity contribution in [3.63, 3.8) is 0 Å². The topological polar surface area (TPSA) is 15.7 Å². The number of hydrogen-bond acceptors (Lipinski definition) is 3. The van der Waals surface area contributed by atoms with Crippen molar-refractivity contribution in [2.24, 2.45) is 0 Å². The van der Waals surface area contributed by atoms with Crippen molar-refractivity contribution < 1.29 is 13.5 Å². The third-order valence-electron chi connectivity index (χ3n) is 4.74. The molecule has 1 saturated heterocycles. The largest absolute Gasteiger partial charge is 0.375 e. The van der Waals surface area contributed by atoms with Crippen LogP contribution in [0.5, 0.6) is 0 Å². The molecule has 0 N–H and O–H groups in total. The van der Waals surface area contributed by atoms with Crippen LogP contribution in [0.2, 0.25) is 0 Å². The standard InChI is InChI=1S/C19H24F2N2O/c1-2-22-11-12-24-14-17-15(5-3-7-18(17)22)8-9-16-6-4-10-23(16)13-19(20)21/h3,5,7,16,19H,2,4,6,10-14H2,1H3. The second-order valence-electron chi connectivity index (χ2n) is 6.25. The molecule has 1 fully saturated rings. The van der Waals surface area contributed by atoms with Crippen molar-refractivity contribution in [3.05, 3.63) is 29.3 Å². The molecule has 0 spiro atoms. The van der Waals surface area contributed by atoms with Crippen molar-refractivity contribution >= 4 is 5.69 Å². The van der Waals surface area contributed by atoms with E-state index in [1.165, 1.54) is 5.69 Å². The number of ether oxygens (including phenoxy) is 1. The third-order valence-corrected chi connectivity index (χ3v) is 4.74. The molecule has 1 atom stereocenters. The van der Waals surface area contributed by atoms with Crippen LogP contribution < -0.4 is 4.90 Å². The average molecular weight is 334 g/mol. The molecule has 2 aliphatic heterocycles. The molecule has 1 unspecified atom stereocenters. The third kappa shape index (κ3) is 3.88. The lowest BCUT2D eigenvalue weighted by Gasteiger charge is -2.22. The number of rotatable bonds is 3. The number of benzene rings is 1. The van der Waals surface area contributed by atoms with Crippen LogP contribution in [0.3, 0.4) is 0 Å². The quantitative estimate of drug-likeness (QED) is 0.790. The molecule has 3 nitrogen and oxygen atoms in total. The van der Waals surface area contributed by atoms with Crippen molar-refractivity contribution in [2.45, 2.75) is 38.8 Å². The summed E-state index contributed by atoms with van der Waals surface area (Å²) in [5.41, 5.74) is 3.25. The van der Waals surface area contributed by atoms with Crippen LogP contribution in [0.1, 0.15) is 30.9 Å². The summed E-state index contributed by atoms with van der Waals surface area (Å²) in [7, 11) is 0. The van der Waals surface area contributed by atoms with Crippen LogP contribution >= 0.6 is 0 Å². The minimum absolute atomic E-state index is 0.0659. The number of alkyl halides is 2. The molecular weight excluding hydrogens is 310 g/mol. The predicted octanol–water partition coefficient (Wildman–Crippen LogP) is 3.12. The van der Waals surface area contributed by atoms with E-state index in [1.807, 2.05) is 12.1 Å². The Morgan fingerprint density at radius 2 is 2.21 bits per heavy atom. The average Bonchev–Trinajstić information content (AvgIpc) is 2.88. The van der Waals surface area contributed by atoms with E-state index in [2.05, 4.69) is 29.7 Å². The van der Waals surface area contributed by atoms with Gasteiger partial charge in [0.15, 0.2) is 0 Å². The monoisotopic (exact) mass is 334 g/mol. The van der Waals surface area contributed by atoms with E-state index in [0.29, 0.717) is 19.8 Å². The molecule has 1 aromatic rings. The summed E-state index contributed by atoms with van der Waals surface area (Å²) in [5, 5.41) is 0. The molecule has 2 heterocycles. The van der Waals surface area contributed by atoms with E-state index in [0.717, 1.165) is 37.1 Å². The number of halogens is 2. The molecule has 0 radical (unpaired) electrons. The van der Waals surface area contributed by atoms with E-state index >= 15 is 0 Å². The van der Waals surface area contributed by atoms with E-state index < -0.39 is 6.43 Å². The van der Waals surface area contributed by atoms with E-state index in [4.69, 9.17) is 4.74 Å². The van der Waals surface area contributed by atoms with Gasteiger partial charge in [0, 0.05) is 29.9 Å². The summed E-state index contributed by atoms with van der Waals surface area (Å²) < 4.78 is 31.0. The Balaban J connectivity index is 1.84. The number of likely N-dealkylation sites (tertiary alicyclic amines) is 1. The highest BCUT2D eigenvalue weighted by molar-refractivity contribution is 5.61. The minimum atomic E-state index is -2.30. The van der Waals surface area contributed by atoms with Gasteiger partial charge in [-0.05, 0) is 38.4 Å². The predicted molar refractivity (Wildman–Crippen MR) is 91.5 cm³/mol. The highest BCUT2D eigenvalue weighted by Gasteiger charge is 2.25. The van der Waals surface area contributed by atoms with Crippen LogP contribution in [0.15, 0.2) is 18.2 Å². The SMILES string of the molecule is CCN1CCOCc2c(C#CC3CCCN3CC(F)F)cccc21. The minimum Gasteiger partial charge on any atom is -0.375 e. The first-order chi connectivity index (χ1) is 11.7. The fraction of sp³-hybridized carbons (Fsp3) is 0.579. The van der Waals surface area contributed by atoms with Gasteiger partial charge in [-0.15, -0.1) is 0 Å². The Kier molecular flexibility index (Phi) is 5.70. The summed E-state index contributed by atoms with van der Waals surface area (Å²) >= 11 is 0. The Bertz CT molecular complexity index is 624. The number of likely N-dealkylation sites (N-methyl/N-ethyl adjacent to an activating group) is 1. The van der Waals surface area contributed by atoms with Crippen LogP contribution in [0.4, 0.5) is 14.5 Å². The highest BCUT2D eigenvalue weighted by atomic mass is 19.3. The first kappa shape index (κ1) is 17.2. The summed E-state index contributed by atoms with van der Waals surface area (Å²) in [6.07, 6.45) is -0.496. The fourth-order valence-electron chi connectivity index (χ4n) is 3.48. The van der Waals surface area contributed by atoms with Crippen LogP contribution in [-0.4, -0.2) is 50.2 Å². The second kappa shape index (κ2) is 7.96. The summed E-state index contributed by atoms with van der Waals surface area (Å²) in [5.74, 6) is 6.47. The molecule has 1 aromatic carbocycles. The van der Waals surface area contributed by atoms with E-state index in [1.54, 1.807) is 4.90 Å². The molecule has 2 aliphatic rings. The maximum atomic E-state index is 12.7. The zero-order valence-corrected chi connectivity index (χ0v) is 14.1. The molecule has 0 aliphatic carbocycles. The Hall–Kier alpha value is -1.64. The van der Waals surface area contributed by atoms with E-state index in [9.17, 15) is 8.78 Å². The summed E-state index contributed by atoms with van der Waals surface area (Å²) in [6.45, 7) is 5.74. The first-order valence-electron chi connectivity index (χ1n) is 8.67. The fourth-order valence-corrected chi connectivity index (χ4v) is 3.48.